The maximum Gasteiger partial charge on any atom is 0.287 e. The summed E-state index contributed by atoms with van der Waals surface area (Å²) in [5, 5.41) is 7.61. The van der Waals surface area contributed by atoms with E-state index in [0.717, 1.165) is 12.8 Å². The van der Waals surface area contributed by atoms with Crippen molar-refractivity contribution in [1.82, 2.24) is 9.78 Å². The Hall–Kier alpha value is -1.07. The first-order valence-electron chi connectivity index (χ1n) is 6.08. The van der Waals surface area contributed by atoms with Crippen LogP contribution in [-0.4, -0.2) is 29.0 Å². The van der Waals surface area contributed by atoms with Gasteiger partial charge in [-0.2, -0.15) is 5.10 Å². The molecule has 18 heavy (non-hydrogen) atoms. The predicted molar refractivity (Wildman–Crippen MR) is 71.3 cm³/mol. The summed E-state index contributed by atoms with van der Waals surface area (Å²) in [7, 11) is 1.58. The molecule has 0 radical (unpaired) electrons. The number of rotatable bonds is 5. The number of hydrogen-bond acceptors (Lipinski definition) is 4. The van der Waals surface area contributed by atoms with Crippen molar-refractivity contribution in [3.05, 3.63) is 21.6 Å². The van der Waals surface area contributed by atoms with Crippen LogP contribution >= 0.6 is 11.6 Å². The van der Waals surface area contributed by atoms with Crippen LogP contribution in [0.3, 0.4) is 0 Å². The summed E-state index contributed by atoms with van der Waals surface area (Å²) >= 11 is 6.09. The second-order valence-corrected chi connectivity index (χ2v) is 5.31. The third kappa shape index (κ3) is 2.67. The quantitative estimate of drug-likeness (QED) is 0.889. The molecule has 5 nitrogen and oxygen atoms in total. The average molecular weight is 272 g/mol. The van der Waals surface area contributed by atoms with Gasteiger partial charge in [-0.1, -0.05) is 11.6 Å². The molecule has 6 heteroatoms. The second-order valence-electron chi connectivity index (χ2n) is 4.93. The molecule has 1 saturated carbocycles. The summed E-state index contributed by atoms with van der Waals surface area (Å²) < 4.78 is 6.24. The number of nitrogens with zero attached hydrogens (tertiary/aromatic N) is 2. The molecule has 2 rings (SSSR count). The van der Waals surface area contributed by atoms with Crippen molar-refractivity contribution < 1.29 is 4.74 Å². The molecular weight excluding hydrogens is 254 g/mol. The van der Waals surface area contributed by atoms with Crippen LogP contribution in [0.4, 0.5) is 5.69 Å². The Morgan fingerprint density at radius 2 is 2.33 bits per heavy atom. The first-order chi connectivity index (χ1) is 8.56. The van der Waals surface area contributed by atoms with E-state index in [9.17, 15) is 4.79 Å². The standard InChI is InChI=1S/C12H18ClN3O2/c1-12(4-3-5-12)15-9-8-14-16(6-7-18-2)11(17)10(9)13/h8,15H,3-7H2,1-2H3. The largest absolute Gasteiger partial charge is 0.383 e. The fourth-order valence-electron chi connectivity index (χ4n) is 2.05. The third-order valence-corrected chi connectivity index (χ3v) is 3.75. The molecule has 0 aliphatic heterocycles. The van der Waals surface area contributed by atoms with Crippen molar-refractivity contribution in [2.75, 3.05) is 19.0 Å². The average Bonchev–Trinajstić information content (AvgIpc) is 2.32. The van der Waals surface area contributed by atoms with Gasteiger partial charge in [-0.05, 0) is 26.2 Å². The summed E-state index contributed by atoms with van der Waals surface area (Å²) in [4.78, 5) is 12.0. The fourth-order valence-corrected chi connectivity index (χ4v) is 2.24. The molecule has 0 aromatic carbocycles. The van der Waals surface area contributed by atoms with Crippen LogP contribution in [0.15, 0.2) is 11.0 Å². The van der Waals surface area contributed by atoms with Gasteiger partial charge in [-0.15, -0.1) is 0 Å². The van der Waals surface area contributed by atoms with Gasteiger partial charge in [0.25, 0.3) is 5.56 Å². The van der Waals surface area contributed by atoms with Gasteiger partial charge in [0.05, 0.1) is 25.0 Å². The molecule has 0 bridgehead atoms. The lowest BCUT2D eigenvalue weighted by molar-refractivity contribution is 0.182. The molecule has 1 N–H and O–H groups in total. The Morgan fingerprint density at radius 3 is 2.89 bits per heavy atom. The van der Waals surface area contributed by atoms with Gasteiger partial charge in [-0.3, -0.25) is 4.79 Å². The maximum atomic E-state index is 12.0. The molecule has 0 saturated heterocycles. The summed E-state index contributed by atoms with van der Waals surface area (Å²) in [6.07, 6.45) is 5.01. The molecule has 1 aliphatic carbocycles. The zero-order valence-electron chi connectivity index (χ0n) is 10.7. The van der Waals surface area contributed by atoms with Crippen molar-refractivity contribution in [2.45, 2.75) is 38.3 Å². The molecule has 1 fully saturated rings. The van der Waals surface area contributed by atoms with Crippen molar-refractivity contribution in [3.63, 3.8) is 0 Å². The number of nitrogens with one attached hydrogen (secondary N) is 1. The maximum absolute atomic E-state index is 12.0. The van der Waals surface area contributed by atoms with Crippen molar-refractivity contribution in [3.8, 4) is 0 Å². The number of anilines is 1. The summed E-state index contributed by atoms with van der Waals surface area (Å²) in [5.74, 6) is 0. The highest BCUT2D eigenvalue weighted by Gasteiger charge is 2.32. The van der Waals surface area contributed by atoms with Crippen LogP contribution < -0.4 is 10.9 Å². The number of halogens is 1. The fraction of sp³-hybridized carbons (Fsp3) is 0.667. The Morgan fingerprint density at radius 1 is 1.61 bits per heavy atom. The van der Waals surface area contributed by atoms with Crippen LogP contribution in [0.5, 0.6) is 0 Å². The molecular formula is C12H18ClN3O2. The number of methoxy groups -OCH3 is 1. The summed E-state index contributed by atoms with van der Waals surface area (Å²) in [6, 6.07) is 0. The van der Waals surface area contributed by atoms with E-state index in [4.69, 9.17) is 16.3 Å². The minimum absolute atomic E-state index is 0.0521. The molecule has 0 spiro atoms. The highest BCUT2D eigenvalue weighted by Crippen LogP contribution is 2.35. The summed E-state index contributed by atoms with van der Waals surface area (Å²) in [6.45, 7) is 2.98. The van der Waals surface area contributed by atoms with Crippen molar-refractivity contribution in [1.29, 1.82) is 0 Å². The molecule has 1 aromatic heterocycles. The van der Waals surface area contributed by atoms with Crippen molar-refractivity contribution in [2.24, 2.45) is 0 Å². The predicted octanol–water partition coefficient (Wildman–Crippen LogP) is 1.90. The third-order valence-electron chi connectivity index (χ3n) is 3.39. The first-order valence-corrected chi connectivity index (χ1v) is 6.46. The zero-order valence-corrected chi connectivity index (χ0v) is 11.5. The van der Waals surface area contributed by atoms with Crippen molar-refractivity contribution >= 4 is 17.3 Å². The van der Waals surface area contributed by atoms with Crippen LogP contribution in [0.2, 0.25) is 5.02 Å². The van der Waals surface area contributed by atoms with E-state index >= 15 is 0 Å². The van der Waals surface area contributed by atoms with E-state index in [2.05, 4.69) is 17.3 Å². The molecule has 100 valence electrons. The van der Waals surface area contributed by atoms with Gasteiger partial charge in [-0.25, -0.2) is 4.68 Å². The van der Waals surface area contributed by atoms with E-state index in [0.29, 0.717) is 18.8 Å². The van der Waals surface area contributed by atoms with E-state index in [-0.39, 0.29) is 16.1 Å². The van der Waals surface area contributed by atoms with Gasteiger partial charge in [0.2, 0.25) is 0 Å². The normalized spacial score (nSPS) is 17.3. The topological polar surface area (TPSA) is 56.1 Å². The molecule has 0 unspecified atom stereocenters. The van der Waals surface area contributed by atoms with Gasteiger partial charge < -0.3 is 10.1 Å². The number of aromatic nitrogens is 2. The zero-order chi connectivity index (χ0) is 13.2. The van der Waals surface area contributed by atoms with Crippen LogP contribution in [0.25, 0.3) is 0 Å². The number of ether oxygens (including phenoxy) is 1. The Balaban J connectivity index is 2.18. The molecule has 0 atom stereocenters. The Labute approximate surface area is 111 Å². The lowest BCUT2D eigenvalue weighted by Crippen LogP contribution is -2.42. The summed E-state index contributed by atoms with van der Waals surface area (Å²) in [5.41, 5.74) is 0.399. The van der Waals surface area contributed by atoms with Gasteiger partial charge in [0, 0.05) is 12.6 Å². The Bertz CT molecular complexity index is 483. The lowest BCUT2D eigenvalue weighted by atomic mass is 9.78. The number of hydrogen-bond donors (Lipinski definition) is 1. The van der Waals surface area contributed by atoms with E-state index in [1.54, 1.807) is 13.3 Å². The van der Waals surface area contributed by atoms with Crippen LogP contribution in [0.1, 0.15) is 26.2 Å². The van der Waals surface area contributed by atoms with Gasteiger partial charge >= 0.3 is 0 Å². The van der Waals surface area contributed by atoms with E-state index in [1.807, 2.05) is 0 Å². The SMILES string of the molecule is COCCn1ncc(NC2(C)CCC2)c(Cl)c1=O. The van der Waals surface area contributed by atoms with E-state index < -0.39 is 0 Å². The smallest absolute Gasteiger partial charge is 0.287 e. The second kappa shape index (κ2) is 5.28. The lowest BCUT2D eigenvalue weighted by Gasteiger charge is -2.40. The van der Waals surface area contributed by atoms with Gasteiger partial charge in [0.1, 0.15) is 5.02 Å². The molecule has 0 amide bonds. The van der Waals surface area contributed by atoms with Gasteiger partial charge in [0.15, 0.2) is 0 Å². The minimum atomic E-state index is -0.276. The highest BCUT2D eigenvalue weighted by atomic mass is 35.5. The monoisotopic (exact) mass is 271 g/mol. The molecule has 1 heterocycles. The highest BCUT2D eigenvalue weighted by molar-refractivity contribution is 6.32. The first kappa shape index (κ1) is 13.4. The molecule has 1 aliphatic rings. The van der Waals surface area contributed by atoms with Crippen LogP contribution in [-0.2, 0) is 11.3 Å². The van der Waals surface area contributed by atoms with Crippen LogP contribution in [0, 0.1) is 0 Å². The van der Waals surface area contributed by atoms with E-state index in [1.165, 1.54) is 11.1 Å². The Kier molecular flexibility index (Phi) is 3.92. The minimum Gasteiger partial charge on any atom is -0.383 e. The molecule has 1 aromatic rings.